The lowest BCUT2D eigenvalue weighted by Crippen LogP contribution is -1.96. The van der Waals surface area contributed by atoms with E-state index < -0.39 is 0 Å². The van der Waals surface area contributed by atoms with Gasteiger partial charge in [-0.25, -0.2) is 0 Å². The van der Waals surface area contributed by atoms with Crippen molar-refractivity contribution in [2.24, 2.45) is 0 Å². The number of fused-ring (bicyclic) bond motifs is 1. The summed E-state index contributed by atoms with van der Waals surface area (Å²) in [7, 11) is 0. The molecule has 1 aromatic heterocycles. The van der Waals surface area contributed by atoms with Gasteiger partial charge in [0.25, 0.3) is 0 Å². The van der Waals surface area contributed by atoms with E-state index in [1.807, 2.05) is 11.3 Å². The summed E-state index contributed by atoms with van der Waals surface area (Å²) in [5.74, 6) is 0. The van der Waals surface area contributed by atoms with Crippen molar-refractivity contribution in [3.8, 4) is 0 Å². The Morgan fingerprint density at radius 2 is 2.25 bits per heavy atom. The molecule has 0 saturated heterocycles. The second-order valence-corrected chi connectivity index (χ2v) is 4.46. The molecule has 1 aromatic rings. The van der Waals surface area contributed by atoms with Crippen LogP contribution in [-0.4, -0.2) is 6.29 Å². The Bertz CT molecular complexity index is 265. The fourth-order valence-electron chi connectivity index (χ4n) is 1.73. The third-order valence-corrected chi connectivity index (χ3v) is 3.59. The van der Waals surface area contributed by atoms with Crippen LogP contribution in [-0.2, 0) is 24.1 Å². The summed E-state index contributed by atoms with van der Waals surface area (Å²) in [6.45, 7) is 0. The third kappa shape index (κ3) is 1.44. The van der Waals surface area contributed by atoms with Gasteiger partial charge >= 0.3 is 0 Å². The van der Waals surface area contributed by atoms with Gasteiger partial charge in [-0.15, -0.1) is 11.3 Å². The summed E-state index contributed by atoms with van der Waals surface area (Å²) in [4.78, 5) is 13.1. The van der Waals surface area contributed by atoms with Crippen molar-refractivity contribution in [3.05, 3.63) is 21.4 Å². The maximum Gasteiger partial charge on any atom is 0.125 e. The van der Waals surface area contributed by atoms with Gasteiger partial charge in [-0.2, -0.15) is 0 Å². The molecule has 12 heavy (non-hydrogen) atoms. The molecule has 2 heteroatoms. The number of hydrogen-bond acceptors (Lipinski definition) is 2. The van der Waals surface area contributed by atoms with Gasteiger partial charge in [-0.05, 0) is 37.3 Å². The predicted molar refractivity (Wildman–Crippen MR) is 50.7 cm³/mol. The van der Waals surface area contributed by atoms with E-state index in [0.29, 0.717) is 6.42 Å². The molecule has 0 aromatic carbocycles. The number of aldehydes is 1. The molecule has 0 N–H and O–H groups in total. The van der Waals surface area contributed by atoms with E-state index in [1.54, 1.807) is 0 Å². The highest BCUT2D eigenvalue weighted by Gasteiger charge is 2.12. The lowest BCUT2D eigenvalue weighted by molar-refractivity contribution is -0.107. The van der Waals surface area contributed by atoms with Crippen LogP contribution in [0.5, 0.6) is 0 Å². The Labute approximate surface area is 76.4 Å². The summed E-state index contributed by atoms with van der Waals surface area (Å²) >= 11 is 1.83. The van der Waals surface area contributed by atoms with Crippen molar-refractivity contribution in [2.75, 3.05) is 0 Å². The van der Waals surface area contributed by atoms with Crippen LogP contribution in [0.3, 0.4) is 0 Å². The van der Waals surface area contributed by atoms with Crippen molar-refractivity contribution >= 4 is 17.6 Å². The lowest BCUT2D eigenvalue weighted by Gasteiger charge is -2.08. The Hall–Kier alpha value is -0.630. The number of carbonyl (C=O) groups excluding carboxylic acids is 1. The minimum absolute atomic E-state index is 0.609. The molecule has 2 rings (SSSR count). The zero-order valence-electron chi connectivity index (χ0n) is 7.01. The van der Waals surface area contributed by atoms with Gasteiger partial charge in [0.15, 0.2) is 0 Å². The molecule has 0 radical (unpaired) electrons. The van der Waals surface area contributed by atoms with Crippen LogP contribution < -0.4 is 0 Å². The standard InChI is InChI=1S/C10H12OS/c11-6-5-9-7-8-3-1-2-4-10(8)12-9/h6-7H,1-5H2. The van der Waals surface area contributed by atoms with E-state index >= 15 is 0 Å². The second kappa shape index (κ2) is 3.40. The Balaban J connectivity index is 2.25. The number of carbonyl (C=O) groups is 1. The van der Waals surface area contributed by atoms with Gasteiger partial charge in [-0.3, -0.25) is 0 Å². The van der Waals surface area contributed by atoms with Gasteiger partial charge < -0.3 is 4.79 Å². The molecule has 0 fully saturated rings. The molecular formula is C10H12OS. The zero-order valence-corrected chi connectivity index (χ0v) is 7.82. The normalized spacial score (nSPS) is 15.7. The summed E-state index contributed by atoms with van der Waals surface area (Å²) in [6, 6.07) is 2.22. The number of aryl methyl sites for hydroxylation is 2. The maximum absolute atomic E-state index is 10.3. The number of rotatable bonds is 2. The summed E-state index contributed by atoms with van der Waals surface area (Å²) in [5.41, 5.74) is 1.50. The second-order valence-electron chi connectivity index (χ2n) is 3.24. The van der Waals surface area contributed by atoms with Gasteiger partial charge in [0.1, 0.15) is 6.29 Å². The van der Waals surface area contributed by atoms with E-state index in [-0.39, 0.29) is 0 Å². The van der Waals surface area contributed by atoms with E-state index in [9.17, 15) is 4.79 Å². The zero-order chi connectivity index (χ0) is 8.39. The first-order chi connectivity index (χ1) is 5.90. The van der Waals surface area contributed by atoms with E-state index in [1.165, 1.54) is 41.0 Å². The van der Waals surface area contributed by atoms with Crippen LogP contribution >= 0.6 is 11.3 Å². The molecule has 1 aliphatic rings. The fraction of sp³-hybridized carbons (Fsp3) is 0.500. The molecule has 0 saturated carbocycles. The molecule has 0 amide bonds. The van der Waals surface area contributed by atoms with E-state index in [0.717, 1.165) is 6.29 Å². The summed E-state index contributed by atoms with van der Waals surface area (Å²) in [5, 5.41) is 0. The van der Waals surface area contributed by atoms with Gasteiger partial charge in [0, 0.05) is 16.2 Å². The fourth-order valence-corrected chi connectivity index (χ4v) is 2.94. The third-order valence-electron chi connectivity index (χ3n) is 2.33. The average Bonchev–Trinajstić information content (AvgIpc) is 2.47. The van der Waals surface area contributed by atoms with Crippen molar-refractivity contribution in [1.82, 2.24) is 0 Å². The van der Waals surface area contributed by atoms with Gasteiger partial charge in [-0.1, -0.05) is 0 Å². The van der Waals surface area contributed by atoms with Crippen molar-refractivity contribution < 1.29 is 4.79 Å². The molecule has 1 heterocycles. The number of thiophene rings is 1. The monoisotopic (exact) mass is 180 g/mol. The smallest absolute Gasteiger partial charge is 0.125 e. The molecule has 1 aliphatic carbocycles. The van der Waals surface area contributed by atoms with Gasteiger partial charge in [0.2, 0.25) is 0 Å². The SMILES string of the molecule is O=CCc1cc2c(s1)CCCC2. The summed E-state index contributed by atoms with van der Waals surface area (Å²) in [6.07, 6.45) is 6.72. The highest BCUT2D eigenvalue weighted by atomic mass is 32.1. The summed E-state index contributed by atoms with van der Waals surface area (Å²) < 4.78 is 0. The van der Waals surface area contributed by atoms with Gasteiger partial charge in [0.05, 0.1) is 0 Å². The first-order valence-corrected chi connectivity index (χ1v) is 5.26. The molecule has 0 spiro atoms. The van der Waals surface area contributed by atoms with Crippen LogP contribution in [0.4, 0.5) is 0 Å². The van der Waals surface area contributed by atoms with Crippen molar-refractivity contribution in [3.63, 3.8) is 0 Å². The van der Waals surface area contributed by atoms with E-state index in [4.69, 9.17) is 0 Å². The van der Waals surface area contributed by atoms with E-state index in [2.05, 4.69) is 6.07 Å². The van der Waals surface area contributed by atoms with Crippen LogP contribution in [0.25, 0.3) is 0 Å². The largest absolute Gasteiger partial charge is 0.303 e. The molecule has 0 aliphatic heterocycles. The molecule has 0 bridgehead atoms. The first kappa shape index (κ1) is 7.99. The van der Waals surface area contributed by atoms with Crippen LogP contribution in [0, 0.1) is 0 Å². The highest BCUT2D eigenvalue weighted by Crippen LogP contribution is 2.29. The minimum Gasteiger partial charge on any atom is -0.303 e. The molecule has 0 atom stereocenters. The Morgan fingerprint density at radius 3 is 3.00 bits per heavy atom. The Morgan fingerprint density at radius 1 is 1.42 bits per heavy atom. The highest BCUT2D eigenvalue weighted by molar-refractivity contribution is 7.12. The van der Waals surface area contributed by atoms with Crippen LogP contribution in [0.1, 0.15) is 28.2 Å². The van der Waals surface area contributed by atoms with Crippen LogP contribution in [0.15, 0.2) is 6.07 Å². The van der Waals surface area contributed by atoms with Crippen molar-refractivity contribution in [1.29, 1.82) is 0 Å². The quantitative estimate of drug-likeness (QED) is 0.639. The lowest BCUT2D eigenvalue weighted by atomic mass is 9.99. The maximum atomic E-state index is 10.3. The topological polar surface area (TPSA) is 17.1 Å². The average molecular weight is 180 g/mol. The molecular weight excluding hydrogens is 168 g/mol. The number of hydrogen-bond donors (Lipinski definition) is 0. The minimum atomic E-state index is 0.609. The predicted octanol–water partition coefficient (Wildman–Crippen LogP) is 2.37. The van der Waals surface area contributed by atoms with Crippen molar-refractivity contribution in [2.45, 2.75) is 32.1 Å². The molecule has 64 valence electrons. The Kier molecular flexibility index (Phi) is 2.26. The molecule has 0 unspecified atom stereocenters. The van der Waals surface area contributed by atoms with Crippen LogP contribution in [0.2, 0.25) is 0 Å². The molecule has 1 nitrogen and oxygen atoms in total. The first-order valence-electron chi connectivity index (χ1n) is 4.44.